The molecule has 0 heterocycles. The summed E-state index contributed by atoms with van der Waals surface area (Å²) in [6.45, 7) is 5.59. The predicted octanol–water partition coefficient (Wildman–Crippen LogP) is 1.28. The highest BCUT2D eigenvalue weighted by Crippen LogP contribution is 2.18. The van der Waals surface area contributed by atoms with Crippen molar-refractivity contribution in [2.75, 3.05) is 19.5 Å². The van der Waals surface area contributed by atoms with Crippen LogP contribution in [0.15, 0.2) is 23.1 Å². The van der Waals surface area contributed by atoms with Gasteiger partial charge in [-0.1, -0.05) is 0 Å². The highest BCUT2D eigenvalue weighted by atomic mass is 32.2. The van der Waals surface area contributed by atoms with E-state index >= 15 is 0 Å². The minimum absolute atomic E-state index is 0.207. The third-order valence-electron chi connectivity index (χ3n) is 2.47. The van der Waals surface area contributed by atoms with E-state index in [9.17, 15) is 8.42 Å². The third kappa shape index (κ3) is 3.69. The number of nitrogen functional groups attached to an aromatic ring is 1. The Labute approximate surface area is 108 Å². The number of hydrogen-bond acceptors (Lipinski definition) is 4. The fourth-order valence-electron chi connectivity index (χ4n) is 1.63. The zero-order valence-corrected chi connectivity index (χ0v) is 12.0. The number of nitrogens with one attached hydrogen (secondary N) is 1. The Morgan fingerprint density at radius 3 is 2.50 bits per heavy atom. The summed E-state index contributed by atoms with van der Waals surface area (Å²) in [5, 5.41) is 0. The second-order valence-corrected chi connectivity index (χ2v) is 6.62. The lowest BCUT2D eigenvalue weighted by Gasteiger charge is -2.25. The molecule has 1 rings (SSSR count). The van der Waals surface area contributed by atoms with Gasteiger partial charge in [-0.3, -0.25) is 0 Å². The molecule has 0 aromatic heterocycles. The maximum atomic E-state index is 12.2. The lowest BCUT2D eigenvalue weighted by atomic mass is 10.1. The van der Waals surface area contributed by atoms with Gasteiger partial charge in [-0.25, -0.2) is 13.1 Å². The first-order chi connectivity index (χ1) is 8.18. The molecule has 0 aliphatic rings. The Kier molecular flexibility index (Phi) is 4.37. The average Bonchev–Trinajstić information content (AvgIpc) is 2.20. The standard InChI is InChI=1S/C12H20N2O3S/c1-9-7-10(5-6-11(9)13)18(15,16)14-12(2,3)8-17-4/h5-7,14H,8,13H2,1-4H3. The summed E-state index contributed by atoms with van der Waals surface area (Å²) in [4.78, 5) is 0.207. The van der Waals surface area contributed by atoms with E-state index in [0.717, 1.165) is 5.56 Å². The molecule has 1 aromatic rings. The quantitative estimate of drug-likeness (QED) is 0.791. The lowest BCUT2D eigenvalue weighted by molar-refractivity contribution is 0.141. The van der Waals surface area contributed by atoms with Gasteiger partial charge in [0.15, 0.2) is 0 Å². The second-order valence-electron chi connectivity index (χ2n) is 4.94. The Hall–Kier alpha value is -1.11. The van der Waals surface area contributed by atoms with E-state index in [4.69, 9.17) is 10.5 Å². The van der Waals surface area contributed by atoms with Gasteiger partial charge in [0.1, 0.15) is 0 Å². The summed E-state index contributed by atoms with van der Waals surface area (Å²) < 4.78 is 31.9. The number of hydrogen-bond donors (Lipinski definition) is 2. The zero-order chi connectivity index (χ0) is 14.0. The molecular weight excluding hydrogens is 252 g/mol. The second kappa shape index (κ2) is 5.26. The molecule has 0 radical (unpaired) electrons. The maximum Gasteiger partial charge on any atom is 0.241 e. The molecule has 3 N–H and O–H groups in total. The van der Waals surface area contributed by atoms with Gasteiger partial charge in [0.05, 0.1) is 17.0 Å². The van der Waals surface area contributed by atoms with Crippen LogP contribution in [0.5, 0.6) is 0 Å². The van der Waals surface area contributed by atoms with Crippen LogP contribution in [-0.2, 0) is 14.8 Å². The number of anilines is 1. The SMILES string of the molecule is COCC(C)(C)NS(=O)(=O)c1ccc(N)c(C)c1. The van der Waals surface area contributed by atoms with E-state index in [1.165, 1.54) is 13.2 Å². The summed E-state index contributed by atoms with van der Waals surface area (Å²) >= 11 is 0. The van der Waals surface area contributed by atoms with Crippen molar-refractivity contribution in [1.82, 2.24) is 4.72 Å². The minimum Gasteiger partial charge on any atom is -0.399 e. The molecule has 0 spiro atoms. The first kappa shape index (κ1) is 14.9. The molecule has 5 nitrogen and oxygen atoms in total. The molecule has 0 amide bonds. The monoisotopic (exact) mass is 272 g/mol. The van der Waals surface area contributed by atoms with E-state index in [0.29, 0.717) is 12.3 Å². The van der Waals surface area contributed by atoms with Crippen LogP contribution in [0, 0.1) is 6.92 Å². The fourth-order valence-corrected chi connectivity index (χ4v) is 3.11. The smallest absolute Gasteiger partial charge is 0.241 e. The molecule has 0 fully saturated rings. The molecule has 1 aromatic carbocycles. The maximum absolute atomic E-state index is 12.2. The van der Waals surface area contributed by atoms with E-state index in [1.54, 1.807) is 32.9 Å². The van der Waals surface area contributed by atoms with Gasteiger partial charge in [0.2, 0.25) is 10.0 Å². The number of sulfonamides is 1. The largest absolute Gasteiger partial charge is 0.399 e. The average molecular weight is 272 g/mol. The van der Waals surface area contributed by atoms with E-state index in [2.05, 4.69) is 4.72 Å². The Morgan fingerprint density at radius 1 is 1.39 bits per heavy atom. The van der Waals surface area contributed by atoms with Crippen LogP contribution in [0.4, 0.5) is 5.69 Å². The van der Waals surface area contributed by atoms with Crippen molar-refractivity contribution in [1.29, 1.82) is 0 Å². The predicted molar refractivity (Wildman–Crippen MR) is 71.9 cm³/mol. The van der Waals surface area contributed by atoms with Crippen LogP contribution in [0.1, 0.15) is 19.4 Å². The molecule has 102 valence electrons. The van der Waals surface area contributed by atoms with Gasteiger partial charge in [-0.2, -0.15) is 0 Å². The Balaban J connectivity index is 3.03. The number of benzene rings is 1. The van der Waals surface area contributed by atoms with Gasteiger partial charge in [0.25, 0.3) is 0 Å². The number of ether oxygens (including phenoxy) is 1. The van der Waals surface area contributed by atoms with Crippen molar-refractivity contribution < 1.29 is 13.2 Å². The highest BCUT2D eigenvalue weighted by molar-refractivity contribution is 7.89. The summed E-state index contributed by atoms with van der Waals surface area (Å²) in [5.41, 5.74) is 6.32. The molecule has 0 saturated carbocycles. The summed E-state index contributed by atoms with van der Waals surface area (Å²) in [6, 6.07) is 4.64. The van der Waals surface area contributed by atoms with Gasteiger partial charge in [0, 0.05) is 12.8 Å². The number of rotatable bonds is 5. The third-order valence-corrected chi connectivity index (χ3v) is 4.16. The van der Waals surface area contributed by atoms with E-state index in [1.807, 2.05) is 0 Å². The molecule has 18 heavy (non-hydrogen) atoms. The topological polar surface area (TPSA) is 81.4 Å². The molecule has 0 aliphatic heterocycles. The van der Waals surface area contributed by atoms with Gasteiger partial charge in [-0.05, 0) is 44.5 Å². The summed E-state index contributed by atoms with van der Waals surface area (Å²) in [6.07, 6.45) is 0. The minimum atomic E-state index is -3.56. The number of methoxy groups -OCH3 is 1. The van der Waals surface area contributed by atoms with Crippen molar-refractivity contribution in [3.05, 3.63) is 23.8 Å². The van der Waals surface area contributed by atoms with Crippen LogP contribution < -0.4 is 10.5 Å². The summed E-state index contributed by atoms with van der Waals surface area (Å²) in [7, 11) is -2.03. The molecule has 6 heteroatoms. The molecule has 0 bridgehead atoms. The Morgan fingerprint density at radius 2 is 2.00 bits per heavy atom. The first-order valence-corrected chi connectivity index (χ1v) is 7.05. The van der Waals surface area contributed by atoms with Crippen LogP contribution in [0.25, 0.3) is 0 Å². The number of aryl methyl sites for hydroxylation is 1. The van der Waals surface area contributed by atoms with E-state index < -0.39 is 15.6 Å². The van der Waals surface area contributed by atoms with Crippen LogP contribution >= 0.6 is 0 Å². The normalized spacial score (nSPS) is 12.7. The molecule has 0 unspecified atom stereocenters. The van der Waals surface area contributed by atoms with Crippen molar-refractivity contribution >= 4 is 15.7 Å². The fraction of sp³-hybridized carbons (Fsp3) is 0.500. The van der Waals surface area contributed by atoms with Crippen molar-refractivity contribution in [3.8, 4) is 0 Å². The number of nitrogens with two attached hydrogens (primary N) is 1. The van der Waals surface area contributed by atoms with Crippen LogP contribution in [-0.4, -0.2) is 27.7 Å². The van der Waals surface area contributed by atoms with Crippen molar-refractivity contribution in [2.45, 2.75) is 31.2 Å². The molecule has 0 aliphatic carbocycles. The Bertz CT molecular complexity index is 524. The zero-order valence-electron chi connectivity index (χ0n) is 11.1. The van der Waals surface area contributed by atoms with E-state index in [-0.39, 0.29) is 4.90 Å². The molecule has 0 saturated heterocycles. The first-order valence-electron chi connectivity index (χ1n) is 5.57. The van der Waals surface area contributed by atoms with Crippen LogP contribution in [0.3, 0.4) is 0 Å². The van der Waals surface area contributed by atoms with Crippen molar-refractivity contribution in [3.63, 3.8) is 0 Å². The van der Waals surface area contributed by atoms with Gasteiger partial charge < -0.3 is 10.5 Å². The van der Waals surface area contributed by atoms with Gasteiger partial charge >= 0.3 is 0 Å². The van der Waals surface area contributed by atoms with Gasteiger partial charge in [-0.15, -0.1) is 0 Å². The lowest BCUT2D eigenvalue weighted by Crippen LogP contribution is -2.46. The highest BCUT2D eigenvalue weighted by Gasteiger charge is 2.26. The summed E-state index contributed by atoms with van der Waals surface area (Å²) in [5.74, 6) is 0. The molecule has 0 atom stereocenters. The molecular formula is C12H20N2O3S. The van der Waals surface area contributed by atoms with Crippen molar-refractivity contribution in [2.24, 2.45) is 0 Å². The van der Waals surface area contributed by atoms with Crippen LogP contribution in [0.2, 0.25) is 0 Å².